The van der Waals surface area contributed by atoms with Crippen LogP contribution in [0.2, 0.25) is 0 Å². The third kappa shape index (κ3) is 10.3. The highest BCUT2D eigenvalue weighted by molar-refractivity contribution is 6.37. The van der Waals surface area contributed by atoms with Crippen molar-refractivity contribution in [2.24, 2.45) is 0 Å². The molecule has 19 aromatic carbocycles. The van der Waals surface area contributed by atoms with Crippen LogP contribution in [0.25, 0.3) is 153 Å². The number of nitrogens with zero attached hydrogens (tertiary/aromatic N) is 4. The van der Waals surface area contributed by atoms with E-state index in [4.69, 9.17) is 0 Å². The number of hydrogen-bond acceptors (Lipinski definition) is 2. The quantitative estimate of drug-likeness (QED) is 0.127. The lowest BCUT2D eigenvalue weighted by atomic mass is 9.82. The normalized spacial score (nSPS) is 12.7. The lowest BCUT2D eigenvalue weighted by molar-refractivity contribution is 0.590. The maximum atomic E-state index is 17.7. The van der Waals surface area contributed by atoms with E-state index in [1.54, 1.807) is 6.07 Å². The number of aromatic nitrogens is 2. The Kier molecular flexibility index (Phi) is 15.6. The average molecular weight is 1470 g/mol. The van der Waals surface area contributed by atoms with Crippen LogP contribution in [0.4, 0.5) is 38.5 Å². The average Bonchev–Trinajstić information content (AvgIpc) is 1.40. The van der Waals surface area contributed by atoms with Crippen LogP contribution in [0.3, 0.4) is 0 Å². The second-order valence-corrected chi connectivity index (χ2v) is 32.9. The monoisotopic (exact) mass is 1470 g/mol. The molecule has 0 saturated heterocycles. The molecular weight excluding hydrogens is 1380 g/mol. The molecule has 0 bridgehead atoms. The highest BCUT2D eigenvalue weighted by atomic mass is 19.1. The van der Waals surface area contributed by atoms with Gasteiger partial charge < -0.3 is 18.9 Å². The van der Waals surface area contributed by atoms with E-state index in [0.29, 0.717) is 5.69 Å². The van der Waals surface area contributed by atoms with Crippen molar-refractivity contribution < 1.29 is 4.39 Å². The Bertz CT molecular complexity index is 7430. The largest absolute Gasteiger partial charge is 0.310 e. The topological polar surface area (TPSA) is 16.3 Å². The number of benzene rings is 19. The molecule has 22 rings (SSSR count). The van der Waals surface area contributed by atoms with Crippen LogP contribution in [-0.2, 0) is 10.8 Å². The van der Waals surface area contributed by atoms with Gasteiger partial charge in [-0.1, -0.05) is 277 Å². The minimum absolute atomic E-state index is 0.0441. The SMILES string of the molecule is Cc1cc(N(c2ccc(C(C)(C)C)cc2)c2c(F)cc(-c3ccccc3)cc2-c2ccccc2)c2ccc3c(C)c4c(c5ccc1c2c35)c1ccccc1n4-c1ccccc1.Cc1cc(N(c2ccccc2)c2ccc3c(c2)C(C)(C)c2ccccc2-3)c2ccc3c(C)c4c(c5ccc1c2c35)c1ccccc1n4-c1ccccc1. The molecule has 114 heavy (non-hydrogen) atoms. The van der Waals surface area contributed by atoms with Crippen LogP contribution in [0.1, 0.15) is 73.6 Å². The Morgan fingerprint density at radius 1 is 0.298 bits per heavy atom. The standard InChI is InChI=1S/C58H45FN2.C51H38N2/c1-36-33-52(47-31-30-45-37(2)56-55(48-32-29-44(36)53(47)54(45)48)46-23-15-16-24-51(46)60(56)42-21-13-8-14-22-42)61(43-27-25-41(26-28-43)58(3,4)5)57-49(39-19-11-7-12-20-39)34-40(35-50(57)59)38-17-9-6-10-18-38;1-31-29-46(52(33-15-7-5-8-16-33)35-23-24-39-38-19-11-13-21-43(38)51(3,4)44(39)30-35)41-27-26-37-32(2)50-49(42-28-25-36(31)47(41)48(37)42)40-20-12-14-22-45(40)53(50)34-17-9-6-10-18-34/h6-35H,1-5H3;5-30H,1-4H3. The second kappa shape index (κ2) is 26.0. The molecule has 0 radical (unpaired) electrons. The molecular formula is C109H83FN4. The zero-order chi connectivity index (χ0) is 77.2. The first-order chi connectivity index (χ1) is 55.6. The first kappa shape index (κ1) is 68.4. The number of aryl methyl sites for hydroxylation is 4. The Labute approximate surface area is 663 Å². The fraction of sp³-hybridized carbons (Fsp3) is 0.101. The summed E-state index contributed by atoms with van der Waals surface area (Å²) in [6, 6.07) is 123. The molecule has 0 N–H and O–H groups in total. The van der Waals surface area contributed by atoms with E-state index in [9.17, 15) is 0 Å². The van der Waals surface area contributed by atoms with Gasteiger partial charge in [0, 0.05) is 71.7 Å². The molecule has 546 valence electrons. The Hall–Kier alpha value is -13.6. The van der Waals surface area contributed by atoms with Crippen molar-refractivity contribution >= 4 is 142 Å². The van der Waals surface area contributed by atoms with Crippen molar-refractivity contribution in [1.29, 1.82) is 0 Å². The minimum Gasteiger partial charge on any atom is -0.310 e. The van der Waals surface area contributed by atoms with Crippen molar-refractivity contribution in [3.8, 4) is 44.8 Å². The second-order valence-electron chi connectivity index (χ2n) is 32.9. The molecule has 0 spiro atoms. The van der Waals surface area contributed by atoms with Gasteiger partial charge in [0.15, 0.2) is 0 Å². The molecule has 0 atom stereocenters. The summed E-state index contributed by atoms with van der Waals surface area (Å²) in [4.78, 5) is 4.67. The van der Waals surface area contributed by atoms with E-state index in [-0.39, 0.29) is 16.6 Å². The first-order valence-electron chi connectivity index (χ1n) is 39.9. The maximum absolute atomic E-state index is 17.7. The molecule has 1 aliphatic rings. The van der Waals surface area contributed by atoms with E-state index in [2.05, 4.69) is 366 Å². The fourth-order valence-corrected chi connectivity index (χ4v) is 19.7. The van der Waals surface area contributed by atoms with Gasteiger partial charge in [-0.3, -0.25) is 0 Å². The van der Waals surface area contributed by atoms with E-state index in [1.165, 1.54) is 164 Å². The summed E-state index contributed by atoms with van der Waals surface area (Å²) < 4.78 is 22.6. The minimum atomic E-state index is -0.283. The van der Waals surface area contributed by atoms with E-state index < -0.39 is 0 Å². The molecule has 0 unspecified atom stereocenters. The third-order valence-corrected chi connectivity index (χ3v) is 25.1. The Morgan fingerprint density at radius 3 is 1.25 bits per heavy atom. The van der Waals surface area contributed by atoms with Crippen molar-refractivity contribution in [2.45, 2.75) is 73.1 Å². The van der Waals surface area contributed by atoms with Crippen LogP contribution in [0.15, 0.2) is 340 Å². The zero-order valence-electron chi connectivity index (χ0n) is 65.5. The summed E-state index contributed by atoms with van der Waals surface area (Å²) >= 11 is 0. The van der Waals surface area contributed by atoms with E-state index >= 15 is 4.39 Å². The molecule has 21 aromatic rings. The summed E-state index contributed by atoms with van der Waals surface area (Å²) in [7, 11) is 0. The maximum Gasteiger partial charge on any atom is 0.148 e. The van der Waals surface area contributed by atoms with Gasteiger partial charge in [0.1, 0.15) is 5.82 Å². The summed E-state index contributed by atoms with van der Waals surface area (Å²) in [5.41, 5.74) is 28.3. The van der Waals surface area contributed by atoms with Crippen LogP contribution in [0, 0.1) is 33.5 Å². The number of anilines is 6. The van der Waals surface area contributed by atoms with Crippen molar-refractivity contribution in [2.75, 3.05) is 9.80 Å². The number of halogens is 1. The number of para-hydroxylation sites is 5. The lowest BCUT2D eigenvalue weighted by Gasteiger charge is -2.31. The third-order valence-electron chi connectivity index (χ3n) is 25.1. The molecule has 2 aromatic heterocycles. The smallest absolute Gasteiger partial charge is 0.148 e. The summed E-state index contributed by atoms with van der Waals surface area (Å²) in [5.74, 6) is -0.283. The molecule has 0 aliphatic heterocycles. The van der Waals surface area contributed by atoms with Crippen LogP contribution in [0.5, 0.6) is 0 Å². The van der Waals surface area contributed by atoms with Crippen LogP contribution in [-0.4, -0.2) is 9.13 Å². The van der Waals surface area contributed by atoms with E-state index in [1.807, 2.05) is 48.5 Å². The van der Waals surface area contributed by atoms with Gasteiger partial charge in [0.25, 0.3) is 0 Å². The number of rotatable bonds is 10. The van der Waals surface area contributed by atoms with Gasteiger partial charge in [-0.05, 0) is 251 Å². The van der Waals surface area contributed by atoms with Crippen LogP contribution >= 0.6 is 0 Å². The fourth-order valence-electron chi connectivity index (χ4n) is 19.7. The predicted molar refractivity (Wildman–Crippen MR) is 484 cm³/mol. The van der Waals surface area contributed by atoms with Gasteiger partial charge in [0.2, 0.25) is 0 Å². The first-order valence-corrected chi connectivity index (χ1v) is 39.9. The molecule has 0 saturated carbocycles. The molecule has 1 aliphatic carbocycles. The Balaban J connectivity index is 0.000000145. The van der Waals surface area contributed by atoms with Gasteiger partial charge in [-0.25, -0.2) is 4.39 Å². The molecule has 5 heteroatoms. The van der Waals surface area contributed by atoms with E-state index in [0.717, 1.165) is 56.0 Å². The van der Waals surface area contributed by atoms with Crippen molar-refractivity contribution in [3.63, 3.8) is 0 Å². The highest BCUT2D eigenvalue weighted by Gasteiger charge is 2.37. The molecule has 0 fully saturated rings. The van der Waals surface area contributed by atoms with Crippen molar-refractivity contribution in [1.82, 2.24) is 9.13 Å². The zero-order valence-corrected chi connectivity index (χ0v) is 65.5. The number of fused-ring (bicyclic) bond motifs is 11. The van der Waals surface area contributed by atoms with Gasteiger partial charge in [-0.15, -0.1) is 0 Å². The van der Waals surface area contributed by atoms with Gasteiger partial charge in [-0.2, -0.15) is 0 Å². The molecule has 4 nitrogen and oxygen atoms in total. The highest BCUT2D eigenvalue weighted by Crippen LogP contribution is 2.56. The van der Waals surface area contributed by atoms with Gasteiger partial charge in [0.05, 0.1) is 39.1 Å². The summed E-state index contributed by atoms with van der Waals surface area (Å²) in [6.07, 6.45) is 0. The predicted octanol–water partition coefficient (Wildman–Crippen LogP) is 30.6. The van der Waals surface area contributed by atoms with Crippen LogP contribution < -0.4 is 9.80 Å². The Morgan fingerprint density at radius 2 is 0.711 bits per heavy atom. The lowest BCUT2D eigenvalue weighted by Crippen LogP contribution is -2.16. The summed E-state index contributed by atoms with van der Waals surface area (Å²) in [5, 5.41) is 20.2. The summed E-state index contributed by atoms with van der Waals surface area (Å²) in [6.45, 7) is 20.5. The number of hydrogen-bond donors (Lipinski definition) is 0. The van der Waals surface area contributed by atoms with Gasteiger partial charge >= 0.3 is 0 Å². The molecule has 2 heterocycles. The van der Waals surface area contributed by atoms with Crippen molar-refractivity contribution in [3.05, 3.63) is 384 Å². The molecule has 0 amide bonds.